The van der Waals surface area contributed by atoms with Gasteiger partial charge in [-0.3, -0.25) is 4.79 Å². The second-order valence-corrected chi connectivity index (χ2v) is 4.35. The van der Waals surface area contributed by atoms with E-state index in [2.05, 4.69) is 6.92 Å². The molecule has 0 radical (unpaired) electrons. The Kier molecular flexibility index (Phi) is 9.44. The molecule has 0 aromatic heterocycles. The molecule has 2 aromatic rings. The molecule has 3 heteroatoms. The van der Waals surface area contributed by atoms with Crippen molar-refractivity contribution in [3.63, 3.8) is 0 Å². The van der Waals surface area contributed by atoms with E-state index in [4.69, 9.17) is 5.73 Å². The molecule has 0 aliphatic carbocycles. The van der Waals surface area contributed by atoms with Crippen LogP contribution in [0.4, 0.5) is 0 Å². The van der Waals surface area contributed by atoms with E-state index in [1.165, 1.54) is 0 Å². The second kappa shape index (κ2) is 10.2. The first kappa shape index (κ1) is 18.4. The summed E-state index contributed by atoms with van der Waals surface area (Å²) in [6.45, 7) is 3.89. The van der Waals surface area contributed by atoms with Crippen LogP contribution in [-0.4, -0.2) is 5.91 Å². The van der Waals surface area contributed by atoms with Crippen LogP contribution in [0.3, 0.4) is 0 Å². The fourth-order valence-electron chi connectivity index (χ4n) is 1.84. The van der Waals surface area contributed by atoms with Gasteiger partial charge in [-0.1, -0.05) is 25.8 Å². The summed E-state index contributed by atoms with van der Waals surface area (Å²) in [6.07, 6.45) is 1.92. The van der Waals surface area contributed by atoms with E-state index in [0.717, 1.165) is 24.0 Å². The van der Waals surface area contributed by atoms with Gasteiger partial charge in [0.15, 0.2) is 0 Å². The summed E-state index contributed by atoms with van der Waals surface area (Å²) < 4.78 is 0. The summed E-state index contributed by atoms with van der Waals surface area (Å²) in [7, 11) is 0. The van der Waals surface area contributed by atoms with Crippen molar-refractivity contribution in [2.45, 2.75) is 26.7 Å². The van der Waals surface area contributed by atoms with E-state index >= 15 is 0 Å². The van der Waals surface area contributed by atoms with Gasteiger partial charge in [0.05, 0.1) is 0 Å². The van der Waals surface area contributed by atoms with Gasteiger partial charge in [-0.15, -0.1) is 23.3 Å². The maximum Gasteiger partial charge on any atom is 0.203 e. The average Bonchev–Trinajstić information content (AvgIpc) is 3.09. The Hall–Kier alpha value is -1.57. The Morgan fingerprint density at radius 3 is 1.90 bits per heavy atom. The molecule has 0 bridgehead atoms. The van der Waals surface area contributed by atoms with Crippen molar-refractivity contribution in [3.8, 4) is 0 Å². The van der Waals surface area contributed by atoms with Gasteiger partial charge >= 0.3 is 0 Å². The van der Waals surface area contributed by atoms with Crippen LogP contribution in [0.25, 0.3) is 5.57 Å². The van der Waals surface area contributed by atoms with Crippen molar-refractivity contribution in [2.24, 2.45) is 5.73 Å². The molecule has 1 amide bonds. The zero-order valence-electron chi connectivity index (χ0n) is 11.9. The van der Waals surface area contributed by atoms with Crippen LogP contribution in [0.5, 0.6) is 0 Å². The number of nitrogens with two attached hydrogens (primary N) is 1. The van der Waals surface area contributed by atoms with Gasteiger partial charge in [0.25, 0.3) is 0 Å². The molecule has 20 heavy (non-hydrogen) atoms. The minimum Gasteiger partial charge on any atom is -0.748 e. The van der Waals surface area contributed by atoms with Gasteiger partial charge < -0.3 is 36.1 Å². The van der Waals surface area contributed by atoms with Crippen molar-refractivity contribution in [2.75, 3.05) is 0 Å². The van der Waals surface area contributed by atoms with Crippen molar-refractivity contribution < 1.29 is 21.9 Å². The topological polar surface area (TPSA) is 43.1 Å². The standard InChI is InChI=1S/C12H16NO.C5H5.Fe/c1-3-6-11(9(2)12(13)14)10-7-4-5-8-10;1-2-4-5-3-1;/h4-5,7-8H,3,6H2,1-2H3,(H2,13,14);1-5H;/q-1;-5;. The van der Waals surface area contributed by atoms with Gasteiger partial charge in [-0.2, -0.15) is 12.1 Å². The van der Waals surface area contributed by atoms with E-state index in [0.29, 0.717) is 5.57 Å². The maximum absolute atomic E-state index is 11.1. The number of hydrogen-bond acceptors (Lipinski definition) is 1. The zero-order chi connectivity index (χ0) is 14.1. The van der Waals surface area contributed by atoms with Gasteiger partial charge in [0, 0.05) is 17.1 Å². The molecule has 2 aromatic carbocycles. The molecule has 2 nitrogen and oxygen atoms in total. The van der Waals surface area contributed by atoms with Crippen molar-refractivity contribution >= 4 is 11.5 Å². The first-order valence-electron chi connectivity index (χ1n) is 6.55. The van der Waals surface area contributed by atoms with E-state index < -0.39 is 0 Å². The summed E-state index contributed by atoms with van der Waals surface area (Å²) in [5.74, 6) is -0.324. The number of hydrogen-bond donors (Lipinski definition) is 1. The smallest absolute Gasteiger partial charge is 0.203 e. The first-order chi connectivity index (χ1) is 9.16. The molecule has 2 rings (SSSR count). The molecule has 0 fully saturated rings. The van der Waals surface area contributed by atoms with E-state index in [9.17, 15) is 4.79 Å². The normalized spacial score (nSPS) is 10.7. The third-order valence-corrected chi connectivity index (χ3v) is 2.89. The van der Waals surface area contributed by atoms with Gasteiger partial charge in [0.2, 0.25) is 5.91 Å². The minimum absolute atomic E-state index is 0. The van der Waals surface area contributed by atoms with Crippen molar-refractivity contribution in [1.29, 1.82) is 0 Å². The molecule has 0 saturated carbocycles. The van der Waals surface area contributed by atoms with Crippen LogP contribution < -0.4 is 5.73 Å². The Bertz CT molecular complexity index is 478. The summed E-state index contributed by atoms with van der Waals surface area (Å²) in [6, 6.07) is 18.0. The Morgan fingerprint density at radius 1 is 1.10 bits per heavy atom. The van der Waals surface area contributed by atoms with Gasteiger partial charge in [0.1, 0.15) is 0 Å². The summed E-state index contributed by atoms with van der Waals surface area (Å²) >= 11 is 0. The van der Waals surface area contributed by atoms with Crippen molar-refractivity contribution in [1.82, 2.24) is 0 Å². The van der Waals surface area contributed by atoms with Gasteiger partial charge in [-0.25, -0.2) is 0 Å². The second-order valence-electron chi connectivity index (χ2n) is 4.35. The molecule has 2 N–H and O–H groups in total. The molecule has 0 spiro atoms. The molecule has 0 aliphatic rings. The van der Waals surface area contributed by atoms with Crippen LogP contribution in [0.2, 0.25) is 0 Å². The van der Waals surface area contributed by atoms with E-state index in [1.807, 2.05) is 54.6 Å². The third kappa shape index (κ3) is 6.05. The SMILES string of the molecule is CCCC(=C(C)C(N)=O)[c-]1cccc1.[Fe].[cH-]1[cH-][cH-][cH-][cH-]1. The predicted molar refractivity (Wildman–Crippen MR) is 80.8 cm³/mol. The maximum atomic E-state index is 11.1. The largest absolute Gasteiger partial charge is 0.748 e. The number of rotatable bonds is 4. The Labute approximate surface area is 131 Å². The quantitative estimate of drug-likeness (QED) is 0.520. The fourth-order valence-corrected chi connectivity index (χ4v) is 1.84. The molecule has 0 atom stereocenters. The Balaban J connectivity index is 0.000000507. The molecule has 0 saturated heterocycles. The first-order valence-corrected chi connectivity index (χ1v) is 6.55. The third-order valence-electron chi connectivity index (χ3n) is 2.89. The molecule has 114 valence electrons. The molecule has 0 unspecified atom stereocenters. The summed E-state index contributed by atoms with van der Waals surface area (Å²) in [5, 5.41) is 0. The average molecular weight is 311 g/mol. The van der Waals surface area contributed by atoms with E-state index in [1.54, 1.807) is 6.92 Å². The number of carbonyl (C=O) groups is 1. The van der Waals surface area contributed by atoms with E-state index in [-0.39, 0.29) is 23.0 Å². The fraction of sp³-hybridized carbons (Fsp3) is 0.235. The monoisotopic (exact) mass is 311 g/mol. The molecular formula is C17H21FeNO-6. The van der Waals surface area contributed by atoms with Crippen LogP contribution in [-0.2, 0) is 21.9 Å². The number of primary amides is 1. The summed E-state index contributed by atoms with van der Waals surface area (Å²) in [4.78, 5) is 11.1. The van der Waals surface area contributed by atoms with Crippen LogP contribution in [0.15, 0.2) is 60.2 Å². The van der Waals surface area contributed by atoms with Crippen LogP contribution in [0, 0.1) is 0 Å². The molecule has 0 heterocycles. The number of amides is 1. The molecule has 0 aliphatic heterocycles. The minimum atomic E-state index is -0.324. The number of carbonyl (C=O) groups excluding carboxylic acids is 1. The molecular weight excluding hydrogens is 290 g/mol. The number of allylic oxidation sites excluding steroid dienone is 1. The zero-order valence-corrected chi connectivity index (χ0v) is 13.1. The van der Waals surface area contributed by atoms with Crippen LogP contribution >= 0.6 is 0 Å². The van der Waals surface area contributed by atoms with Crippen LogP contribution in [0.1, 0.15) is 32.3 Å². The Morgan fingerprint density at radius 2 is 1.55 bits per heavy atom. The predicted octanol–water partition coefficient (Wildman–Crippen LogP) is 3.87. The summed E-state index contributed by atoms with van der Waals surface area (Å²) in [5.41, 5.74) is 8.14. The van der Waals surface area contributed by atoms with Gasteiger partial charge in [-0.05, 0) is 6.42 Å². The van der Waals surface area contributed by atoms with Crippen molar-refractivity contribution in [3.05, 3.63) is 65.7 Å².